The first-order chi connectivity index (χ1) is 15.4. The molecule has 0 radical (unpaired) electrons. The van der Waals surface area contributed by atoms with E-state index in [1.54, 1.807) is 0 Å². The zero-order valence-corrected chi connectivity index (χ0v) is 23.3. The lowest BCUT2D eigenvalue weighted by atomic mass is 9.63. The van der Waals surface area contributed by atoms with Crippen molar-refractivity contribution in [3.8, 4) is 0 Å². The standard InChI is InChI=1S/C30H44BNO2/c1-26(2,3)20-12-15-25(24(18-20)31-33-29(8,9)30(10,11)34-31)32-21-13-14-22-23(19-21)28(6,7)17-16-27(22,4)5/h12-15,18-19,32H,16-17H2,1-11H3. The summed E-state index contributed by atoms with van der Waals surface area (Å²) in [6.45, 7) is 24.7. The zero-order valence-electron chi connectivity index (χ0n) is 23.3. The number of fused-ring (bicyclic) bond motifs is 1. The highest BCUT2D eigenvalue weighted by Gasteiger charge is 2.52. The molecule has 1 heterocycles. The second-order valence-electron chi connectivity index (χ2n) is 13.8. The van der Waals surface area contributed by atoms with Crippen LogP contribution in [-0.4, -0.2) is 18.3 Å². The Morgan fingerprint density at radius 1 is 0.735 bits per heavy atom. The van der Waals surface area contributed by atoms with Crippen molar-refractivity contribution in [1.82, 2.24) is 0 Å². The first-order valence-corrected chi connectivity index (χ1v) is 12.9. The van der Waals surface area contributed by atoms with Crippen LogP contribution in [0.25, 0.3) is 0 Å². The fraction of sp³-hybridized carbons (Fsp3) is 0.600. The van der Waals surface area contributed by atoms with Crippen molar-refractivity contribution in [2.75, 3.05) is 5.32 Å². The summed E-state index contributed by atoms with van der Waals surface area (Å²) in [5, 5.41) is 3.74. The maximum Gasteiger partial charge on any atom is 0.496 e. The molecule has 0 unspecified atom stereocenters. The second kappa shape index (κ2) is 7.86. The van der Waals surface area contributed by atoms with Crippen LogP contribution >= 0.6 is 0 Å². The summed E-state index contributed by atoms with van der Waals surface area (Å²) >= 11 is 0. The van der Waals surface area contributed by atoms with Crippen molar-refractivity contribution >= 4 is 24.0 Å². The molecule has 184 valence electrons. The SMILES string of the molecule is CC(C)(C)c1ccc(Nc2ccc3c(c2)C(C)(C)CCC3(C)C)c(B2OC(C)(C)C(C)(C)O2)c1. The molecule has 0 aromatic heterocycles. The molecule has 1 aliphatic heterocycles. The molecule has 34 heavy (non-hydrogen) atoms. The lowest BCUT2D eigenvalue weighted by Crippen LogP contribution is -2.41. The van der Waals surface area contributed by atoms with Crippen LogP contribution in [0.2, 0.25) is 0 Å². The van der Waals surface area contributed by atoms with Crippen LogP contribution in [0, 0.1) is 0 Å². The first-order valence-electron chi connectivity index (χ1n) is 12.9. The molecule has 2 aliphatic rings. The van der Waals surface area contributed by atoms with Gasteiger partial charge < -0.3 is 14.6 Å². The minimum Gasteiger partial charge on any atom is -0.399 e. The van der Waals surface area contributed by atoms with Gasteiger partial charge in [0.15, 0.2) is 0 Å². The van der Waals surface area contributed by atoms with E-state index in [4.69, 9.17) is 9.31 Å². The van der Waals surface area contributed by atoms with Gasteiger partial charge in [-0.05, 0) is 91.7 Å². The summed E-state index contributed by atoms with van der Waals surface area (Å²) in [5.74, 6) is 0. The summed E-state index contributed by atoms with van der Waals surface area (Å²) < 4.78 is 13.0. The maximum absolute atomic E-state index is 6.48. The van der Waals surface area contributed by atoms with Gasteiger partial charge in [-0.15, -0.1) is 0 Å². The minimum atomic E-state index is -0.414. The Morgan fingerprint density at radius 2 is 1.29 bits per heavy atom. The highest BCUT2D eigenvalue weighted by molar-refractivity contribution is 6.64. The molecule has 0 amide bonds. The van der Waals surface area contributed by atoms with Crippen LogP contribution in [0.4, 0.5) is 11.4 Å². The molecule has 2 aromatic rings. The van der Waals surface area contributed by atoms with E-state index in [1.807, 2.05) is 0 Å². The molecule has 1 N–H and O–H groups in total. The van der Waals surface area contributed by atoms with Gasteiger partial charge in [-0.25, -0.2) is 0 Å². The molecule has 0 saturated carbocycles. The topological polar surface area (TPSA) is 30.5 Å². The average molecular weight is 461 g/mol. The summed E-state index contributed by atoms with van der Waals surface area (Å²) in [4.78, 5) is 0. The quantitative estimate of drug-likeness (QED) is 0.484. The third kappa shape index (κ3) is 4.44. The van der Waals surface area contributed by atoms with Gasteiger partial charge in [0.05, 0.1) is 11.2 Å². The molecule has 0 atom stereocenters. The summed E-state index contributed by atoms with van der Waals surface area (Å²) in [5.41, 5.74) is 7.09. The van der Waals surface area contributed by atoms with Crippen molar-refractivity contribution in [3.63, 3.8) is 0 Å². The van der Waals surface area contributed by atoms with E-state index >= 15 is 0 Å². The van der Waals surface area contributed by atoms with E-state index in [2.05, 4.69) is 118 Å². The number of benzene rings is 2. The molecule has 0 bridgehead atoms. The Labute approximate surface area is 208 Å². The predicted molar refractivity (Wildman–Crippen MR) is 146 cm³/mol. The van der Waals surface area contributed by atoms with Gasteiger partial charge in [0, 0.05) is 16.8 Å². The molecular weight excluding hydrogens is 417 g/mol. The molecule has 1 aliphatic carbocycles. The van der Waals surface area contributed by atoms with Crippen LogP contribution in [-0.2, 0) is 25.6 Å². The zero-order chi connectivity index (χ0) is 25.3. The maximum atomic E-state index is 6.48. The van der Waals surface area contributed by atoms with Gasteiger partial charge in [0.2, 0.25) is 0 Å². The normalized spacial score (nSPS) is 22.4. The monoisotopic (exact) mass is 461 g/mol. The lowest BCUT2D eigenvalue weighted by Gasteiger charge is -2.42. The highest BCUT2D eigenvalue weighted by Crippen LogP contribution is 2.46. The Balaban J connectivity index is 1.76. The van der Waals surface area contributed by atoms with Gasteiger partial charge in [-0.2, -0.15) is 0 Å². The third-order valence-electron chi connectivity index (χ3n) is 8.56. The molecule has 4 heteroatoms. The van der Waals surface area contributed by atoms with Crippen LogP contribution in [0.1, 0.15) is 106 Å². The van der Waals surface area contributed by atoms with Crippen molar-refractivity contribution in [1.29, 1.82) is 0 Å². The van der Waals surface area contributed by atoms with E-state index in [1.165, 1.54) is 29.5 Å². The van der Waals surface area contributed by atoms with E-state index in [9.17, 15) is 0 Å². The van der Waals surface area contributed by atoms with Crippen LogP contribution in [0.15, 0.2) is 36.4 Å². The Morgan fingerprint density at radius 3 is 1.85 bits per heavy atom. The summed E-state index contributed by atoms with van der Waals surface area (Å²) in [7, 11) is -0.414. The Bertz CT molecular complexity index is 1080. The van der Waals surface area contributed by atoms with Gasteiger partial charge in [-0.3, -0.25) is 0 Å². The van der Waals surface area contributed by atoms with Crippen molar-refractivity contribution in [2.24, 2.45) is 0 Å². The van der Waals surface area contributed by atoms with E-state index in [0.29, 0.717) is 0 Å². The van der Waals surface area contributed by atoms with Gasteiger partial charge >= 0.3 is 7.12 Å². The van der Waals surface area contributed by atoms with Crippen molar-refractivity contribution < 1.29 is 9.31 Å². The summed E-state index contributed by atoms with van der Waals surface area (Å²) in [6, 6.07) is 13.6. The third-order valence-corrected chi connectivity index (χ3v) is 8.56. The number of hydrogen-bond donors (Lipinski definition) is 1. The second-order valence-corrected chi connectivity index (χ2v) is 13.8. The van der Waals surface area contributed by atoms with E-state index < -0.39 is 7.12 Å². The van der Waals surface area contributed by atoms with E-state index in [0.717, 1.165) is 16.8 Å². The Kier molecular flexibility index (Phi) is 5.86. The molecule has 4 rings (SSSR count). The molecule has 2 aromatic carbocycles. The number of hydrogen-bond acceptors (Lipinski definition) is 3. The molecule has 1 saturated heterocycles. The van der Waals surface area contributed by atoms with E-state index in [-0.39, 0.29) is 27.4 Å². The van der Waals surface area contributed by atoms with Gasteiger partial charge in [-0.1, -0.05) is 66.7 Å². The number of nitrogens with one attached hydrogen (secondary N) is 1. The van der Waals surface area contributed by atoms with Crippen molar-refractivity contribution in [3.05, 3.63) is 53.1 Å². The van der Waals surface area contributed by atoms with Crippen LogP contribution < -0.4 is 10.8 Å². The fourth-order valence-corrected chi connectivity index (χ4v) is 5.13. The molecular formula is C30H44BNO2. The number of rotatable bonds is 3. The average Bonchev–Trinajstić information content (AvgIpc) is 2.92. The Hall–Kier alpha value is -1.78. The first kappa shape index (κ1) is 25.3. The fourth-order valence-electron chi connectivity index (χ4n) is 5.13. The smallest absolute Gasteiger partial charge is 0.399 e. The molecule has 0 spiro atoms. The van der Waals surface area contributed by atoms with Crippen LogP contribution in [0.5, 0.6) is 0 Å². The van der Waals surface area contributed by atoms with Crippen molar-refractivity contribution in [2.45, 2.75) is 116 Å². The van der Waals surface area contributed by atoms with Crippen LogP contribution in [0.3, 0.4) is 0 Å². The largest absolute Gasteiger partial charge is 0.496 e. The highest BCUT2D eigenvalue weighted by atomic mass is 16.7. The lowest BCUT2D eigenvalue weighted by molar-refractivity contribution is 0.00578. The minimum absolute atomic E-state index is 0.0400. The molecule has 1 fully saturated rings. The predicted octanol–water partition coefficient (Wildman–Crippen LogP) is 7.38. The van der Waals surface area contributed by atoms with Gasteiger partial charge in [0.1, 0.15) is 0 Å². The molecule has 3 nitrogen and oxygen atoms in total. The number of anilines is 2. The summed E-state index contributed by atoms with van der Waals surface area (Å²) in [6.07, 6.45) is 2.43. The van der Waals surface area contributed by atoms with Gasteiger partial charge in [0.25, 0.3) is 0 Å².